The quantitative estimate of drug-likeness (QED) is 0.361. The van der Waals surface area contributed by atoms with Gasteiger partial charge in [-0.25, -0.2) is 0 Å². The first kappa shape index (κ1) is 22.1. The van der Waals surface area contributed by atoms with Crippen LogP contribution in [0.25, 0.3) is 32.3 Å². The molecule has 0 saturated heterocycles. The van der Waals surface area contributed by atoms with Crippen molar-refractivity contribution in [1.82, 2.24) is 9.13 Å². The van der Waals surface area contributed by atoms with Crippen molar-refractivity contribution < 1.29 is 10.2 Å². The van der Waals surface area contributed by atoms with Crippen molar-refractivity contribution in [3.05, 3.63) is 65.7 Å². The van der Waals surface area contributed by atoms with E-state index in [1.54, 1.807) is 24.3 Å². The van der Waals surface area contributed by atoms with Crippen molar-refractivity contribution in [3.63, 3.8) is 0 Å². The molecule has 0 saturated carbocycles. The number of hydrogen-bond donors (Lipinski definition) is 2. The molecular formula is C24H26N2O6. The van der Waals surface area contributed by atoms with Gasteiger partial charge in [-0.05, 0) is 62.8 Å². The molecule has 6 rings (SSSR count). The van der Waals surface area contributed by atoms with Gasteiger partial charge in [-0.1, -0.05) is 0 Å². The number of aliphatic hydroxyl groups excluding tert-OH is 2. The zero-order chi connectivity index (χ0) is 22.8. The summed E-state index contributed by atoms with van der Waals surface area (Å²) in [6.45, 7) is 0.530. The Bertz CT molecular complexity index is 1280. The minimum atomic E-state index is -0.473. The Morgan fingerprint density at radius 3 is 1.09 bits per heavy atom. The molecule has 0 unspecified atom stereocenters. The van der Waals surface area contributed by atoms with Crippen LogP contribution in [0.1, 0.15) is 38.5 Å². The van der Waals surface area contributed by atoms with Crippen LogP contribution >= 0.6 is 0 Å². The highest BCUT2D eigenvalue weighted by molar-refractivity contribution is 6.22. The number of benzene rings is 2. The topological polar surface area (TPSA) is 119 Å². The van der Waals surface area contributed by atoms with Crippen molar-refractivity contribution in [2.75, 3.05) is 13.2 Å². The third-order valence-corrected chi connectivity index (χ3v) is 6.14. The average molecular weight is 438 g/mol. The first-order valence-electron chi connectivity index (χ1n) is 11.0. The van der Waals surface area contributed by atoms with E-state index in [0.717, 1.165) is 0 Å². The van der Waals surface area contributed by atoms with E-state index in [0.29, 0.717) is 49.3 Å². The predicted molar refractivity (Wildman–Crippen MR) is 124 cm³/mol. The fourth-order valence-corrected chi connectivity index (χ4v) is 4.50. The molecule has 4 aromatic heterocycles. The number of aromatic nitrogens is 2. The van der Waals surface area contributed by atoms with Gasteiger partial charge in [0.1, 0.15) is 0 Å². The van der Waals surface area contributed by atoms with Crippen LogP contribution in [0.3, 0.4) is 0 Å². The van der Waals surface area contributed by atoms with E-state index >= 15 is 0 Å². The van der Waals surface area contributed by atoms with Crippen LogP contribution in [0.5, 0.6) is 0 Å². The Balaban J connectivity index is 2.00. The van der Waals surface area contributed by atoms with Crippen LogP contribution in [-0.2, 0) is 13.1 Å². The van der Waals surface area contributed by atoms with Gasteiger partial charge in [0.05, 0.1) is 0 Å². The summed E-state index contributed by atoms with van der Waals surface area (Å²) in [5.41, 5.74) is -1.89. The minimum absolute atomic E-state index is 0.0527. The number of aliphatic hydroxyl groups is 2. The van der Waals surface area contributed by atoms with Crippen LogP contribution in [0.15, 0.2) is 43.4 Å². The number of hydrogen-bond acceptors (Lipinski definition) is 6. The van der Waals surface area contributed by atoms with E-state index in [2.05, 4.69) is 0 Å². The van der Waals surface area contributed by atoms with E-state index in [-0.39, 0.29) is 47.8 Å². The molecule has 2 aromatic carbocycles. The van der Waals surface area contributed by atoms with Gasteiger partial charge in [-0.15, -0.1) is 0 Å². The molecule has 0 fully saturated rings. The van der Waals surface area contributed by atoms with Gasteiger partial charge < -0.3 is 10.2 Å². The molecule has 4 heterocycles. The SMILES string of the molecule is O=c1c2ccc(c(=O)n1CCCCCO)c1c3ccc(c(=O)n(CCCCCO)c3=O)c21. The van der Waals surface area contributed by atoms with Crippen LogP contribution in [-0.4, -0.2) is 32.6 Å². The fraction of sp³-hybridized carbons (Fsp3) is 0.417. The van der Waals surface area contributed by atoms with E-state index < -0.39 is 22.2 Å². The van der Waals surface area contributed by atoms with E-state index in [1.165, 1.54) is 9.13 Å². The zero-order valence-electron chi connectivity index (χ0n) is 17.8. The molecule has 4 bridgehead atoms. The van der Waals surface area contributed by atoms with Crippen LogP contribution < -0.4 is 22.2 Å². The lowest BCUT2D eigenvalue weighted by Gasteiger charge is -2.02. The summed E-state index contributed by atoms with van der Waals surface area (Å²) >= 11 is 0. The third-order valence-electron chi connectivity index (χ3n) is 6.14. The summed E-state index contributed by atoms with van der Waals surface area (Å²) in [7, 11) is 0. The summed E-state index contributed by atoms with van der Waals surface area (Å²) in [6, 6.07) is 6.25. The lowest BCUT2D eigenvalue weighted by Crippen LogP contribution is -2.30. The average Bonchev–Trinajstić information content (AvgIpc) is 3.07. The van der Waals surface area contributed by atoms with Gasteiger partial charge in [-0.3, -0.25) is 28.3 Å². The molecule has 0 aliphatic heterocycles. The molecule has 2 N–H and O–H groups in total. The van der Waals surface area contributed by atoms with E-state index in [9.17, 15) is 19.2 Å². The lowest BCUT2D eigenvalue weighted by atomic mass is 10.00. The number of rotatable bonds is 10. The van der Waals surface area contributed by atoms with Gasteiger partial charge in [-0.2, -0.15) is 0 Å². The molecule has 32 heavy (non-hydrogen) atoms. The standard InChI is InChI=1S/C24H26N2O6/c27-13-5-1-3-11-25-21(29)15-7-8-16(22(25)30)20-18-10-9-17(19(15)20)23(31)26(24(18)32)12-4-2-6-14-28/h7-10,27-28H,1-6,11-14H2. The second kappa shape index (κ2) is 9.18. The van der Waals surface area contributed by atoms with Crippen LogP contribution in [0, 0.1) is 0 Å². The van der Waals surface area contributed by atoms with Gasteiger partial charge in [0.15, 0.2) is 0 Å². The Morgan fingerprint density at radius 1 is 0.500 bits per heavy atom. The molecule has 168 valence electrons. The molecular weight excluding hydrogens is 412 g/mol. The van der Waals surface area contributed by atoms with Crippen LogP contribution in [0.2, 0.25) is 0 Å². The number of nitrogens with zero attached hydrogens (tertiary/aromatic N) is 2. The van der Waals surface area contributed by atoms with Gasteiger partial charge >= 0.3 is 0 Å². The molecule has 0 spiro atoms. The molecule has 0 amide bonds. The smallest absolute Gasteiger partial charge is 0.261 e. The van der Waals surface area contributed by atoms with Crippen molar-refractivity contribution in [2.24, 2.45) is 0 Å². The Kier molecular flexibility index (Phi) is 6.34. The molecule has 0 radical (unpaired) electrons. The predicted octanol–water partition coefficient (Wildman–Crippen LogP) is 1.39. The van der Waals surface area contributed by atoms with Gasteiger partial charge in [0, 0.05) is 58.6 Å². The monoisotopic (exact) mass is 438 g/mol. The molecule has 0 aliphatic carbocycles. The largest absolute Gasteiger partial charge is 0.396 e. The first-order valence-corrected chi connectivity index (χ1v) is 11.0. The zero-order valence-corrected chi connectivity index (χ0v) is 17.8. The maximum Gasteiger partial charge on any atom is 0.261 e. The van der Waals surface area contributed by atoms with E-state index in [4.69, 9.17) is 10.2 Å². The van der Waals surface area contributed by atoms with Gasteiger partial charge in [0.2, 0.25) is 0 Å². The van der Waals surface area contributed by atoms with Gasteiger partial charge in [0.25, 0.3) is 22.2 Å². The van der Waals surface area contributed by atoms with Crippen LogP contribution in [0.4, 0.5) is 0 Å². The molecule has 8 heteroatoms. The summed E-state index contributed by atoms with van der Waals surface area (Å²) in [5.74, 6) is 0. The van der Waals surface area contributed by atoms with Crippen molar-refractivity contribution in [2.45, 2.75) is 51.6 Å². The maximum absolute atomic E-state index is 13.3. The summed E-state index contributed by atoms with van der Waals surface area (Å²) in [4.78, 5) is 53.1. The molecule has 0 atom stereocenters. The van der Waals surface area contributed by atoms with Crippen molar-refractivity contribution in [1.29, 1.82) is 0 Å². The van der Waals surface area contributed by atoms with E-state index in [1.807, 2.05) is 0 Å². The summed E-state index contributed by atoms with van der Waals surface area (Å²) in [6.07, 6.45) is 3.66. The Morgan fingerprint density at radius 2 is 0.812 bits per heavy atom. The maximum atomic E-state index is 13.3. The summed E-state index contributed by atoms with van der Waals surface area (Å²) < 4.78 is 2.36. The third kappa shape index (κ3) is 3.59. The Labute approximate surface area is 182 Å². The minimum Gasteiger partial charge on any atom is -0.396 e. The first-order chi connectivity index (χ1) is 15.5. The molecule has 6 aromatic rings. The lowest BCUT2D eigenvalue weighted by molar-refractivity contribution is 0.281. The highest BCUT2D eigenvalue weighted by Gasteiger charge is 2.20. The van der Waals surface area contributed by atoms with Crippen molar-refractivity contribution in [3.8, 4) is 0 Å². The Hall–Kier alpha value is -3.10. The fourth-order valence-electron chi connectivity index (χ4n) is 4.50. The number of fused-ring (bicyclic) bond motifs is 6. The number of unbranched alkanes of at least 4 members (excludes halogenated alkanes) is 4. The molecule has 8 nitrogen and oxygen atoms in total. The highest BCUT2D eigenvalue weighted by Crippen LogP contribution is 2.28. The molecule has 0 aliphatic rings. The normalized spacial score (nSPS) is 11.9. The summed E-state index contributed by atoms with van der Waals surface area (Å²) in [5, 5.41) is 19.7. The second-order valence-electron chi connectivity index (χ2n) is 8.16. The second-order valence-corrected chi connectivity index (χ2v) is 8.16. The highest BCUT2D eigenvalue weighted by atomic mass is 16.3. The van der Waals surface area contributed by atoms with Crippen molar-refractivity contribution >= 4 is 32.3 Å².